The number of hydrogen-bond acceptors (Lipinski definition) is 3. The molecule has 20 heavy (non-hydrogen) atoms. The van der Waals surface area contributed by atoms with Gasteiger partial charge in [0.25, 0.3) is 0 Å². The van der Waals surface area contributed by atoms with E-state index in [-0.39, 0.29) is 23.1 Å². The lowest BCUT2D eigenvalue weighted by atomic mass is 10.2. The Balaban J connectivity index is 2.53. The van der Waals surface area contributed by atoms with Gasteiger partial charge in [-0.05, 0) is 22.0 Å². The molecule has 0 aliphatic rings. The van der Waals surface area contributed by atoms with Crippen LogP contribution in [0, 0.1) is 11.6 Å². The number of benzene rings is 1. The van der Waals surface area contributed by atoms with Crippen LogP contribution in [0.3, 0.4) is 0 Å². The highest BCUT2D eigenvalue weighted by molar-refractivity contribution is 9.10. The number of carboxylic acids is 1. The first kappa shape index (κ1) is 16.3. The van der Waals surface area contributed by atoms with E-state index in [0.29, 0.717) is 6.07 Å². The van der Waals surface area contributed by atoms with Crippen LogP contribution in [0.2, 0.25) is 0 Å². The summed E-state index contributed by atoms with van der Waals surface area (Å²) in [5.74, 6) is -3.16. The van der Waals surface area contributed by atoms with Crippen molar-refractivity contribution in [2.75, 3.05) is 11.9 Å². The molecule has 0 aliphatic heterocycles. The minimum Gasteiger partial charge on any atom is -0.479 e. The number of aliphatic hydroxyl groups is 1. The van der Waals surface area contributed by atoms with E-state index in [9.17, 15) is 18.4 Å². The van der Waals surface area contributed by atoms with Crippen LogP contribution in [0.4, 0.5) is 19.3 Å². The van der Waals surface area contributed by atoms with Gasteiger partial charge in [-0.2, -0.15) is 0 Å². The zero-order chi connectivity index (χ0) is 15.3. The zero-order valence-electron chi connectivity index (χ0n) is 9.99. The number of halogens is 3. The Morgan fingerprint density at radius 1 is 1.35 bits per heavy atom. The van der Waals surface area contributed by atoms with Gasteiger partial charge >= 0.3 is 12.0 Å². The van der Waals surface area contributed by atoms with Crippen molar-refractivity contribution < 1.29 is 28.6 Å². The van der Waals surface area contributed by atoms with Crippen LogP contribution in [0.5, 0.6) is 0 Å². The predicted molar refractivity (Wildman–Crippen MR) is 69.3 cm³/mol. The molecule has 0 aromatic heterocycles. The molecule has 0 aliphatic carbocycles. The Morgan fingerprint density at radius 2 is 2.00 bits per heavy atom. The highest BCUT2D eigenvalue weighted by Crippen LogP contribution is 2.26. The minimum atomic E-state index is -1.59. The van der Waals surface area contributed by atoms with Crippen molar-refractivity contribution in [1.29, 1.82) is 0 Å². The second-order valence-electron chi connectivity index (χ2n) is 3.77. The molecule has 0 heterocycles. The van der Waals surface area contributed by atoms with Crippen molar-refractivity contribution in [3.63, 3.8) is 0 Å². The van der Waals surface area contributed by atoms with E-state index >= 15 is 0 Å². The molecule has 1 atom stereocenters. The fourth-order valence-electron chi connectivity index (χ4n) is 1.27. The van der Waals surface area contributed by atoms with Crippen molar-refractivity contribution in [2.24, 2.45) is 0 Å². The number of rotatable bonds is 5. The first-order chi connectivity index (χ1) is 9.31. The van der Waals surface area contributed by atoms with E-state index in [0.717, 1.165) is 6.07 Å². The summed E-state index contributed by atoms with van der Waals surface area (Å²) in [6, 6.07) is 0.773. The number of carbonyl (C=O) groups is 2. The van der Waals surface area contributed by atoms with E-state index in [1.54, 1.807) is 0 Å². The molecule has 0 radical (unpaired) electrons. The monoisotopic (exact) mass is 352 g/mol. The summed E-state index contributed by atoms with van der Waals surface area (Å²) in [6.45, 7) is -0.125. The number of urea groups is 1. The summed E-state index contributed by atoms with van der Waals surface area (Å²) in [5, 5.41) is 21.8. The molecule has 9 heteroatoms. The highest BCUT2D eigenvalue weighted by Gasteiger charge is 2.15. The molecule has 0 bridgehead atoms. The maximum Gasteiger partial charge on any atom is 0.332 e. The largest absolute Gasteiger partial charge is 0.479 e. The number of nitrogens with one attached hydrogen (secondary N) is 2. The third-order valence-electron chi connectivity index (χ3n) is 2.23. The molecule has 1 unspecified atom stereocenters. The summed E-state index contributed by atoms with van der Waals surface area (Å²) < 4.78 is 26.3. The second kappa shape index (κ2) is 7.15. The summed E-state index contributed by atoms with van der Waals surface area (Å²) >= 11 is 2.90. The summed E-state index contributed by atoms with van der Waals surface area (Å²) in [6.07, 6.45) is -1.79. The quantitative estimate of drug-likeness (QED) is 0.647. The maximum atomic E-state index is 13.4. The van der Waals surface area contributed by atoms with E-state index in [4.69, 9.17) is 10.2 Å². The molecular formula is C11H11BrF2N2O4. The average molecular weight is 353 g/mol. The smallest absolute Gasteiger partial charge is 0.332 e. The topological polar surface area (TPSA) is 98.7 Å². The van der Waals surface area contributed by atoms with Crippen molar-refractivity contribution in [2.45, 2.75) is 12.5 Å². The van der Waals surface area contributed by atoms with Crippen LogP contribution in [0.1, 0.15) is 6.42 Å². The summed E-state index contributed by atoms with van der Waals surface area (Å²) in [5.41, 5.74) is -0.248. The van der Waals surface area contributed by atoms with Crippen molar-refractivity contribution in [3.05, 3.63) is 28.2 Å². The average Bonchev–Trinajstić information content (AvgIpc) is 2.33. The number of carboxylic acid groups (broad SMARTS) is 1. The standard InChI is InChI=1S/C11H11BrF2N2O4/c12-6-3-5(13)4-7(14)9(6)16-11(20)15-2-1-8(17)10(18)19/h3-4,8,17H,1-2H2,(H,18,19)(H2,15,16,20). The van der Waals surface area contributed by atoms with Gasteiger partial charge in [0.15, 0.2) is 11.9 Å². The first-order valence-electron chi connectivity index (χ1n) is 5.41. The minimum absolute atomic E-state index is 0.0238. The molecule has 4 N–H and O–H groups in total. The van der Waals surface area contributed by atoms with Gasteiger partial charge in [0, 0.05) is 23.5 Å². The Kier molecular flexibility index (Phi) is 5.83. The fourth-order valence-corrected chi connectivity index (χ4v) is 1.77. The van der Waals surface area contributed by atoms with E-state index in [2.05, 4.69) is 26.6 Å². The SMILES string of the molecule is O=C(NCCC(O)C(=O)O)Nc1c(F)cc(F)cc1Br. The van der Waals surface area contributed by atoms with Gasteiger partial charge < -0.3 is 20.8 Å². The van der Waals surface area contributed by atoms with Crippen molar-refractivity contribution in [1.82, 2.24) is 5.32 Å². The predicted octanol–water partition coefficient (Wildman–Crippen LogP) is 1.68. The lowest BCUT2D eigenvalue weighted by Crippen LogP contribution is -2.33. The number of anilines is 1. The van der Waals surface area contributed by atoms with Crippen LogP contribution in [0.15, 0.2) is 16.6 Å². The normalized spacial score (nSPS) is 11.8. The van der Waals surface area contributed by atoms with E-state index in [1.165, 1.54) is 0 Å². The van der Waals surface area contributed by atoms with E-state index < -0.39 is 29.7 Å². The van der Waals surface area contributed by atoms with Gasteiger partial charge in [0.2, 0.25) is 0 Å². The zero-order valence-corrected chi connectivity index (χ0v) is 11.6. The summed E-state index contributed by atoms with van der Waals surface area (Å²) in [7, 11) is 0. The Labute approximate surface area is 120 Å². The number of aliphatic carboxylic acids is 1. The second-order valence-corrected chi connectivity index (χ2v) is 4.62. The van der Waals surface area contributed by atoms with Gasteiger partial charge in [0.05, 0.1) is 5.69 Å². The van der Waals surface area contributed by atoms with E-state index in [1.807, 2.05) is 0 Å². The van der Waals surface area contributed by atoms with Crippen LogP contribution >= 0.6 is 15.9 Å². The van der Waals surface area contributed by atoms with Crippen molar-refractivity contribution in [3.8, 4) is 0 Å². The molecule has 1 rings (SSSR count). The van der Waals surface area contributed by atoms with Gasteiger partial charge in [0.1, 0.15) is 5.82 Å². The molecule has 6 nitrogen and oxygen atoms in total. The first-order valence-corrected chi connectivity index (χ1v) is 6.21. The molecule has 0 saturated heterocycles. The highest BCUT2D eigenvalue weighted by atomic mass is 79.9. The number of carbonyl (C=O) groups excluding carboxylic acids is 1. The lowest BCUT2D eigenvalue weighted by Gasteiger charge is -2.11. The Bertz CT molecular complexity index is 504. The molecular weight excluding hydrogens is 342 g/mol. The lowest BCUT2D eigenvalue weighted by molar-refractivity contribution is -0.146. The summed E-state index contributed by atoms with van der Waals surface area (Å²) in [4.78, 5) is 21.7. The van der Waals surface area contributed by atoms with Gasteiger partial charge in [-0.15, -0.1) is 0 Å². The van der Waals surface area contributed by atoms with Crippen molar-refractivity contribution >= 4 is 33.6 Å². The van der Waals surface area contributed by atoms with Gasteiger partial charge in [-0.1, -0.05) is 0 Å². The Morgan fingerprint density at radius 3 is 2.55 bits per heavy atom. The third kappa shape index (κ3) is 4.74. The molecule has 0 spiro atoms. The van der Waals surface area contributed by atoms with Gasteiger partial charge in [-0.25, -0.2) is 18.4 Å². The number of hydrogen-bond donors (Lipinski definition) is 4. The third-order valence-corrected chi connectivity index (χ3v) is 2.86. The maximum absolute atomic E-state index is 13.4. The fraction of sp³-hybridized carbons (Fsp3) is 0.273. The van der Waals surface area contributed by atoms with Gasteiger partial charge in [-0.3, -0.25) is 0 Å². The number of aliphatic hydroxyl groups excluding tert-OH is 1. The Hall–Kier alpha value is -1.74. The molecule has 0 saturated carbocycles. The molecule has 1 aromatic carbocycles. The molecule has 0 fully saturated rings. The van der Waals surface area contributed by atoms with Crippen LogP contribution in [-0.2, 0) is 4.79 Å². The van der Waals surface area contributed by atoms with Crippen LogP contribution in [-0.4, -0.2) is 34.9 Å². The molecule has 2 amide bonds. The number of amides is 2. The van der Waals surface area contributed by atoms with Crippen LogP contribution < -0.4 is 10.6 Å². The van der Waals surface area contributed by atoms with Crippen LogP contribution in [0.25, 0.3) is 0 Å². The molecule has 1 aromatic rings. The molecule has 110 valence electrons.